The van der Waals surface area contributed by atoms with Crippen molar-refractivity contribution < 1.29 is 4.79 Å². The van der Waals surface area contributed by atoms with Gasteiger partial charge in [0.05, 0.1) is 30.2 Å². The highest BCUT2D eigenvalue weighted by Crippen LogP contribution is 2.31. The number of carbonyl (C=O) groups excluding carboxylic acids is 1. The molecule has 1 aromatic rings. The van der Waals surface area contributed by atoms with Gasteiger partial charge in [-0.1, -0.05) is 12.8 Å². The van der Waals surface area contributed by atoms with Gasteiger partial charge in [0, 0.05) is 6.04 Å². The molecule has 1 aliphatic carbocycles. The summed E-state index contributed by atoms with van der Waals surface area (Å²) in [5, 5.41) is 7.43. The van der Waals surface area contributed by atoms with E-state index in [1.54, 1.807) is 6.20 Å². The van der Waals surface area contributed by atoms with Crippen molar-refractivity contribution in [1.29, 1.82) is 0 Å². The molecule has 0 aliphatic heterocycles. The molecular weight excluding hydrogens is 252 g/mol. The predicted octanol–water partition coefficient (Wildman–Crippen LogP) is 2.59. The lowest BCUT2D eigenvalue weighted by atomic mass is 10.2. The van der Waals surface area contributed by atoms with Crippen LogP contribution in [0.25, 0.3) is 0 Å². The lowest BCUT2D eigenvalue weighted by Crippen LogP contribution is -2.34. The quantitative estimate of drug-likeness (QED) is 0.900. The molecule has 0 bridgehead atoms. The van der Waals surface area contributed by atoms with Crippen LogP contribution in [0.5, 0.6) is 0 Å². The van der Waals surface area contributed by atoms with Crippen molar-refractivity contribution in [3.63, 3.8) is 0 Å². The first-order chi connectivity index (χ1) is 9.49. The minimum Gasteiger partial charge on any atom is -0.322 e. The second kappa shape index (κ2) is 6.39. The monoisotopic (exact) mass is 278 g/mol. The maximum atomic E-state index is 12.0. The summed E-state index contributed by atoms with van der Waals surface area (Å²) in [5.74, 6) is 0.0234. The molecule has 1 aliphatic rings. The summed E-state index contributed by atoms with van der Waals surface area (Å²) in [4.78, 5) is 14.0. The third-order valence-electron chi connectivity index (χ3n) is 4.26. The van der Waals surface area contributed by atoms with Gasteiger partial charge in [-0.2, -0.15) is 5.10 Å². The third kappa shape index (κ3) is 3.39. The van der Waals surface area contributed by atoms with Gasteiger partial charge in [-0.25, -0.2) is 0 Å². The topological polar surface area (TPSA) is 50.2 Å². The van der Waals surface area contributed by atoms with E-state index in [1.165, 1.54) is 25.7 Å². The van der Waals surface area contributed by atoms with E-state index in [2.05, 4.69) is 28.9 Å². The Morgan fingerprint density at radius 2 is 2.15 bits per heavy atom. The first-order valence-corrected chi connectivity index (χ1v) is 7.53. The van der Waals surface area contributed by atoms with E-state index in [9.17, 15) is 4.79 Å². The molecule has 0 atom stereocenters. The Morgan fingerprint density at radius 1 is 1.50 bits per heavy atom. The lowest BCUT2D eigenvalue weighted by molar-refractivity contribution is -0.117. The van der Waals surface area contributed by atoms with Crippen LogP contribution in [0.4, 0.5) is 5.69 Å². The highest BCUT2D eigenvalue weighted by molar-refractivity contribution is 5.92. The molecule has 1 amide bonds. The SMILES string of the molecule is Cc1c(NC(=O)CN(C)C(C)C)cnn1C1CCCC1. The fourth-order valence-electron chi connectivity index (χ4n) is 2.66. The average Bonchev–Trinajstić information content (AvgIpc) is 3.00. The largest absolute Gasteiger partial charge is 0.322 e. The maximum Gasteiger partial charge on any atom is 0.238 e. The van der Waals surface area contributed by atoms with Crippen molar-refractivity contribution >= 4 is 11.6 Å². The number of anilines is 1. The van der Waals surface area contributed by atoms with Crippen LogP contribution in [0.2, 0.25) is 0 Å². The molecule has 1 N–H and O–H groups in total. The van der Waals surface area contributed by atoms with Crippen LogP contribution in [-0.4, -0.2) is 40.2 Å². The summed E-state index contributed by atoms with van der Waals surface area (Å²) in [6.07, 6.45) is 6.74. The molecule has 0 unspecified atom stereocenters. The smallest absolute Gasteiger partial charge is 0.238 e. The number of aromatic nitrogens is 2. The molecule has 112 valence electrons. The van der Waals surface area contributed by atoms with Crippen LogP contribution < -0.4 is 5.32 Å². The van der Waals surface area contributed by atoms with Crippen LogP contribution in [0, 0.1) is 6.92 Å². The van der Waals surface area contributed by atoms with E-state index in [4.69, 9.17) is 0 Å². The molecule has 20 heavy (non-hydrogen) atoms. The average molecular weight is 278 g/mol. The lowest BCUT2D eigenvalue weighted by Gasteiger charge is -2.20. The Morgan fingerprint density at radius 3 is 2.75 bits per heavy atom. The molecule has 0 aromatic carbocycles. The summed E-state index contributed by atoms with van der Waals surface area (Å²) >= 11 is 0. The normalized spacial score (nSPS) is 16.3. The molecular formula is C15H26N4O. The summed E-state index contributed by atoms with van der Waals surface area (Å²) in [5.41, 5.74) is 1.91. The molecule has 0 radical (unpaired) electrons. The fourth-order valence-corrected chi connectivity index (χ4v) is 2.66. The predicted molar refractivity (Wildman–Crippen MR) is 80.9 cm³/mol. The van der Waals surface area contributed by atoms with Crippen LogP contribution >= 0.6 is 0 Å². The number of hydrogen-bond donors (Lipinski definition) is 1. The Hall–Kier alpha value is -1.36. The summed E-state index contributed by atoms with van der Waals surface area (Å²) in [6, 6.07) is 0.877. The Balaban J connectivity index is 1.98. The van der Waals surface area contributed by atoms with Gasteiger partial charge < -0.3 is 5.32 Å². The van der Waals surface area contributed by atoms with Gasteiger partial charge in [0.2, 0.25) is 5.91 Å². The van der Waals surface area contributed by atoms with Crippen molar-refractivity contribution in [2.45, 2.75) is 58.5 Å². The summed E-state index contributed by atoms with van der Waals surface area (Å²) < 4.78 is 2.08. The molecule has 1 heterocycles. The summed E-state index contributed by atoms with van der Waals surface area (Å²) in [6.45, 7) is 6.60. The molecule has 0 spiro atoms. The minimum atomic E-state index is 0.0234. The zero-order valence-electron chi connectivity index (χ0n) is 13.0. The number of rotatable bonds is 5. The first kappa shape index (κ1) is 15.0. The van der Waals surface area contributed by atoms with E-state index in [-0.39, 0.29) is 5.91 Å². The number of carbonyl (C=O) groups is 1. The van der Waals surface area contributed by atoms with Crippen LogP contribution in [-0.2, 0) is 4.79 Å². The molecule has 1 fully saturated rings. The van der Waals surface area contributed by atoms with Crippen molar-refractivity contribution in [3.8, 4) is 0 Å². The fraction of sp³-hybridized carbons (Fsp3) is 0.733. The molecule has 0 saturated heterocycles. The van der Waals surface area contributed by atoms with Gasteiger partial charge in [0.15, 0.2) is 0 Å². The van der Waals surface area contributed by atoms with Gasteiger partial charge in [-0.05, 0) is 40.7 Å². The number of hydrogen-bond acceptors (Lipinski definition) is 3. The van der Waals surface area contributed by atoms with Crippen LogP contribution in [0.15, 0.2) is 6.20 Å². The van der Waals surface area contributed by atoms with E-state index < -0.39 is 0 Å². The second-order valence-corrected chi connectivity index (χ2v) is 6.08. The maximum absolute atomic E-state index is 12.0. The second-order valence-electron chi connectivity index (χ2n) is 6.08. The van der Waals surface area contributed by atoms with Gasteiger partial charge in [-0.15, -0.1) is 0 Å². The van der Waals surface area contributed by atoms with Crippen molar-refractivity contribution in [1.82, 2.24) is 14.7 Å². The van der Waals surface area contributed by atoms with E-state index in [0.29, 0.717) is 18.6 Å². The summed E-state index contributed by atoms with van der Waals surface area (Å²) in [7, 11) is 1.96. The standard InChI is InChI=1S/C15H26N4O/c1-11(2)18(4)10-15(20)17-14-9-16-19(12(14)3)13-7-5-6-8-13/h9,11,13H,5-8,10H2,1-4H3,(H,17,20). The van der Waals surface area contributed by atoms with Gasteiger partial charge >= 0.3 is 0 Å². The Bertz CT molecular complexity index is 460. The zero-order chi connectivity index (χ0) is 14.7. The van der Waals surface area contributed by atoms with Gasteiger partial charge in [0.25, 0.3) is 0 Å². The third-order valence-corrected chi connectivity index (χ3v) is 4.26. The van der Waals surface area contributed by atoms with Crippen molar-refractivity contribution in [2.24, 2.45) is 0 Å². The van der Waals surface area contributed by atoms with Crippen LogP contribution in [0.1, 0.15) is 51.3 Å². The van der Waals surface area contributed by atoms with Crippen LogP contribution in [0.3, 0.4) is 0 Å². The van der Waals surface area contributed by atoms with E-state index in [1.807, 2.05) is 18.9 Å². The number of nitrogens with one attached hydrogen (secondary N) is 1. The molecule has 1 saturated carbocycles. The van der Waals surface area contributed by atoms with Gasteiger partial charge in [-0.3, -0.25) is 14.4 Å². The molecule has 1 aromatic heterocycles. The minimum absolute atomic E-state index is 0.0234. The molecule has 2 rings (SSSR count). The highest BCUT2D eigenvalue weighted by atomic mass is 16.2. The molecule has 5 heteroatoms. The first-order valence-electron chi connectivity index (χ1n) is 7.53. The zero-order valence-corrected chi connectivity index (χ0v) is 13.0. The number of nitrogens with zero attached hydrogens (tertiary/aromatic N) is 3. The number of amides is 1. The Kier molecular flexibility index (Phi) is 4.81. The number of likely N-dealkylation sites (N-methyl/N-ethyl adjacent to an activating group) is 1. The van der Waals surface area contributed by atoms with Gasteiger partial charge in [0.1, 0.15) is 0 Å². The van der Waals surface area contributed by atoms with Crippen molar-refractivity contribution in [3.05, 3.63) is 11.9 Å². The Labute approximate surface area is 121 Å². The van der Waals surface area contributed by atoms with E-state index >= 15 is 0 Å². The highest BCUT2D eigenvalue weighted by Gasteiger charge is 2.21. The molecule has 5 nitrogen and oxygen atoms in total. The van der Waals surface area contributed by atoms with Crippen molar-refractivity contribution in [2.75, 3.05) is 18.9 Å². The van der Waals surface area contributed by atoms with E-state index in [0.717, 1.165) is 11.4 Å².